The Kier molecular flexibility index (Phi) is 4.02. The van der Waals surface area contributed by atoms with Crippen LogP contribution < -0.4 is 10.0 Å². The molecule has 0 heterocycles. The summed E-state index contributed by atoms with van der Waals surface area (Å²) < 4.78 is 26.0. The number of para-hydroxylation sites is 1. The Bertz CT molecular complexity index is 441. The number of anilines is 1. The predicted octanol–water partition coefficient (Wildman–Crippen LogP) is 1.57. The molecule has 0 amide bonds. The minimum atomic E-state index is -3.20. The van der Waals surface area contributed by atoms with Crippen molar-refractivity contribution in [3.05, 3.63) is 30.3 Å². The minimum absolute atomic E-state index is 0.168. The molecule has 0 aromatic heterocycles. The first-order valence-corrected chi connectivity index (χ1v) is 7.60. The van der Waals surface area contributed by atoms with E-state index in [1.165, 1.54) is 12.8 Å². The number of hydrogen-bond donors (Lipinski definition) is 2. The van der Waals surface area contributed by atoms with Crippen molar-refractivity contribution < 1.29 is 8.42 Å². The first-order valence-electron chi connectivity index (χ1n) is 5.95. The molecule has 1 aliphatic rings. The van der Waals surface area contributed by atoms with Gasteiger partial charge < -0.3 is 5.32 Å². The van der Waals surface area contributed by atoms with E-state index in [2.05, 4.69) is 10.0 Å². The largest absolute Gasteiger partial charge is 0.314 e. The summed E-state index contributed by atoms with van der Waals surface area (Å²) in [6, 6.07) is 9.62. The summed E-state index contributed by atoms with van der Waals surface area (Å²) >= 11 is 0. The Morgan fingerprint density at radius 2 is 1.88 bits per heavy atom. The van der Waals surface area contributed by atoms with E-state index >= 15 is 0 Å². The zero-order chi connectivity index (χ0) is 12.1. The molecule has 1 fully saturated rings. The summed E-state index contributed by atoms with van der Waals surface area (Å²) in [5, 5.41) is 3.30. The van der Waals surface area contributed by atoms with E-state index in [0.29, 0.717) is 18.2 Å². The Morgan fingerprint density at radius 3 is 2.53 bits per heavy atom. The summed E-state index contributed by atoms with van der Waals surface area (Å²) in [6.45, 7) is 0.778. The van der Waals surface area contributed by atoms with Gasteiger partial charge in [-0.2, -0.15) is 0 Å². The lowest BCUT2D eigenvalue weighted by Crippen LogP contribution is -2.23. The van der Waals surface area contributed by atoms with Gasteiger partial charge in [-0.05, 0) is 37.9 Å². The molecular weight excluding hydrogens is 236 g/mol. The van der Waals surface area contributed by atoms with E-state index in [1.54, 1.807) is 12.1 Å². The Labute approximate surface area is 102 Å². The van der Waals surface area contributed by atoms with E-state index in [4.69, 9.17) is 0 Å². The fraction of sp³-hybridized carbons (Fsp3) is 0.500. The zero-order valence-electron chi connectivity index (χ0n) is 9.72. The van der Waals surface area contributed by atoms with Crippen molar-refractivity contribution >= 4 is 15.7 Å². The molecule has 0 saturated heterocycles. The van der Waals surface area contributed by atoms with Crippen LogP contribution in [0, 0.1) is 0 Å². The van der Waals surface area contributed by atoms with Crippen LogP contribution in [0.25, 0.3) is 0 Å². The van der Waals surface area contributed by atoms with E-state index < -0.39 is 10.0 Å². The summed E-state index contributed by atoms with van der Waals surface area (Å²) in [5.41, 5.74) is 0.627. The molecule has 5 heteroatoms. The smallest absolute Gasteiger partial charge is 0.232 e. The third-order valence-corrected chi connectivity index (χ3v) is 4.02. The van der Waals surface area contributed by atoms with Gasteiger partial charge in [0.15, 0.2) is 0 Å². The molecule has 0 spiro atoms. The number of hydrogen-bond acceptors (Lipinski definition) is 3. The van der Waals surface area contributed by atoms with E-state index in [1.807, 2.05) is 18.2 Å². The Balaban J connectivity index is 1.73. The average Bonchev–Trinajstić information content (AvgIpc) is 3.09. The molecule has 0 bridgehead atoms. The molecule has 17 heavy (non-hydrogen) atoms. The Morgan fingerprint density at radius 1 is 1.18 bits per heavy atom. The third-order valence-electron chi connectivity index (χ3n) is 2.65. The van der Waals surface area contributed by atoms with Gasteiger partial charge in [-0.15, -0.1) is 0 Å². The quantitative estimate of drug-likeness (QED) is 0.726. The van der Waals surface area contributed by atoms with Gasteiger partial charge in [-0.1, -0.05) is 18.2 Å². The zero-order valence-corrected chi connectivity index (χ0v) is 10.5. The van der Waals surface area contributed by atoms with Crippen LogP contribution in [0.2, 0.25) is 0 Å². The van der Waals surface area contributed by atoms with Gasteiger partial charge in [0.05, 0.1) is 5.75 Å². The predicted molar refractivity (Wildman–Crippen MR) is 69.5 cm³/mol. The number of sulfonamides is 1. The fourth-order valence-corrected chi connectivity index (χ4v) is 2.71. The van der Waals surface area contributed by atoms with Crippen LogP contribution in [0.4, 0.5) is 5.69 Å². The molecule has 0 unspecified atom stereocenters. The maximum absolute atomic E-state index is 11.7. The van der Waals surface area contributed by atoms with Crippen molar-refractivity contribution in [3.63, 3.8) is 0 Å². The lowest BCUT2D eigenvalue weighted by Gasteiger charge is -2.08. The van der Waals surface area contributed by atoms with E-state index in [-0.39, 0.29) is 5.75 Å². The minimum Gasteiger partial charge on any atom is -0.314 e. The lowest BCUT2D eigenvalue weighted by atomic mass is 10.3. The van der Waals surface area contributed by atoms with Gasteiger partial charge in [0, 0.05) is 11.7 Å². The monoisotopic (exact) mass is 254 g/mol. The lowest BCUT2D eigenvalue weighted by molar-refractivity contribution is 0.593. The second-order valence-electron chi connectivity index (χ2n) is 4.37. The average molecular weight is 254 g/mol. The van der Waals surface area contributed by atoms with Crippen LogP contribution in [0.5, 0.6) is 0 Å². The first kappa shape index (κ1) is 12.4. The highest BCUT2D eigenvalue weighted by Gasteiger charge is 2.20. The SMILES string of the molecule is O=S(=O)(CCCNC1CC1)Nc1ccccc1. The number of benzene rings is 1. The van der Waals surface area contributed by atoms with E-state index in [0.717, 1.165) is 6.54 Å². The molecular formula is C12H18N2O2S. The van der Waals surface area contributed by atoms with Gasteiger partial charge in [-0.25, -0.2) is 8.42 Å². The van der Waals surface area contributed by atoms with Gasteiger partial charge in [0.2, 0.25) is 10.0 Å². The van der Waals surface area contributed by atoms with Crippen molar-refractivity contribution in [2.75, 3.05) is 17.0 Å². The third kappa shape index (κ3) is 4.75. The molecule has 1 aliphatic carbocycles. The van der Waals surface area contributed by atoms with Crippen molar-refractivity contribution in [2.45, 2.75) is 25.3 Å². The van der Waals surface area contributed by atoms with Crippen molar-refractivity contribution in [3.8, 4) is 0 Å². The van der Waals surface area contributed by atoms with Crippen LogP contribution >= 0.6 is 0 Å². The molecule has 0 atom stereocenters. The molecule has 1 saturated carbocycles. The Hall–Kier alpha value is -1.07. The van der Waals surface area contributed by atoms with Gasteiger partial charge in [0.1, 0.15) is 0 Å². The van der Waals surface area contributed by atoms with Crippen molar-refractivity contribution in [1.29, 1.82) is 0 Å². The maximum atomic E-state index is 11.7. The number of rotatable bonds is 7. The molecule has 1 aromatic rings. The standard InChI is InChI=1S/C12H18N2O2S/c15-17(16,10-4-9-13-11-7-8-11)14-12-5-2-1-3-6-12/h1-3,5-6,11,13-14H,4,7-10H2. The van der Waals surface area contributed by atoms with Crippen molar-refractivity contribution in [2.24, 2.45) is 0 Å². The van der Waals surface area contributed by atoms with Crippen LogP contribution in [0.3, 0.4) is 0 Å². The van der Waals surface area contributed by atoms with Crippen LogP contribution in [-0.2, 0) is 10.0 Å². The highest BCUT2D eigenvalue weighted by Crippen LogP contribution is 2.18. The van der Waals surface area contributed by atoms with Gasteiger partial charge in [0.25, 0.3) is 0 Å². The van der Waals surface area contributed by atoms with Gasteiger partial charge in [-0.3, -0.25) is 4.72 Å². The highest BCUT2D eigenvalue weighted by molar-refractivity contribution is 7.92. The highest BCUT2D eigenvalue weighted by atomic mass is 32.2. The first-order chi connectivity index (χ1) is 8.16. The summed E-state index contributed by atoms with van der Waals surface area (Å²) in [4.78, 5) is 0. The molecule has 0 aliphatic heterocycles. The molecule has 1 aromatic carbocycles. The van der Waals surface area contributed by atoms with Gasteiger partial charge >= 0.3 is 0 Å². The molecule has 2 N–H and O–H groups in total. The van der Waals surface area contributed by atoms with Crippen LogP contribution in [-0.4, -0.2) is 26.8 Å². The summed E-state index contributed by atoms with van der Waals surface area (Å²) in [6.07, 6.45) is 3.11. The molecule has 0 radical (unpaired) electrons. The maximum Gasteiger partial charge on any atom is 0.232 e. The molecule has 2 rings (SSSR count). The topological polar surface area (TPSA) is 58.2 Å². The molecule has 4 nitrogen and oxygen atoms in total. The van der Waals surface area contributed by atoms with Crippen LogP contribution in [0.15, 0.2) is 30.3 Å². The van der Waals surface area contributed by atoms with E-state index in [9.17, 15) is 8.42 Å². The van der Waals surface area contributed by atoms with Crippen LogP contribution in [0.1, 0.15) is 19.3 Å². The normalized spacial score (nSPS) is 15.8. The second-order valence-corrected chi connectivity index (χ2v) is 6.21. The fourth-order valence-electron chi connectivity index (χ4n) is 1.59. The number of nitrogens with one attached hydrogen (secondary N) is 2. The summed E-state index contributed by atoms with van der Waals surface area (Å²) in [7, 11) is -3.20. The van der Waals surface area contributed by atoms with Crippen molar-refractivity contribution in [1.82, 2.24) is 5.32 Å². The summed E-state index contributed by atoms with van der Waals surface area (Å²) in [5.74, 6) is 0.168. The molecule has 94 valence electrons. The second kappa shape index (κ2) is 5.51.